The Hall–Kier alpha value is -0.650. The highest BCUT2D eigenvalue weighted by atomic mass is 16.3. The van der Waals surface area contributed by atoms with Crippen molar-refractivity contribution in [3.63, 3.8) is 0 Å². The smallest absolute Gasteiger partial charge is 0.225 e. The van der Waals surface area contributed by atoms with Crippen molar-refractivity contribution in [1.82, 2.24) is 4.90 Å². The van der Waals surface area contributed by atoms with Crippen LogP contribution in [0.5, 0.6) is 0 Å². The summed E-state index contributed by atoms with van der Waals surface area (Å²) < 4.78 is 0. The predicted molar refractivity (Wildman–Crippen MR) is 42.5 cm³/mol. The molecule has 12 heavy (non-hydrogen) atoms. The number of rotatable bonds is 6. The molecular formula is C7H15NO4. The van der Waals surface area contributed by atoms with Crippen molar-refractivity contribution in [3.05, 3.63) is 0 Å². The summed E-state index contributed by atoms with van der Waals surface area (Å²) in [7, 11) is 0. The van der Waals surface area contributed by atoms with Crippen LogP contribution < -0.4 is 0 Å². The van der Waals surface area contributed by atoms with Crippen molar-refractivity contribution < 1.29 is 20.1 Å². The van der Waals surface area contributed by atoms with E-state index < -0.39 is 0 Å². The average Bonchev–Trinajstić information content (AvgIpc) is 2.04. The van der Waals surface area contributed by atoms with Crippen LogP contribution >= 0.6 is 0 Å². The third kappa shape index (κ3) is 4.27. The van der Waals surface area contributed by atoms with Crippen LogP contribution in [0.4, 0.5) is 0 Å². The first-order valence-corrected chi connectivity index (χ1v) is 3.86. The number of aliphatic hydroxyl groups is 3. The number of hydrogen-bond acceptors (Lipinski definition) is 4. The van der Waals surface area contributed by atoms with Gasteiger partial charge in [0.2, 0.25) is 5.91 Å². The molecule has 0 aliphatic carbocycles. The summed E-state index contributed by atoms with van der Waals surface area (Å²) in [5.74, 6) is -0.249. The van der Waals surface area contributed by atoms with Gasteiger partial charge in [0.15, 0.2) is 0 Å². The highest BCUT2D eigenvalue weighted by Gasteiger charge is 2.10. The molecule has 0 atom stereocenters. The summed E-state index contributed by atoms with van der Waals surface area (Å²) in [5.41, 5.74) is 0. The highest BCUT2D eigenvalue weighted by Crippen LogP contribution is 1.92. The maximum Gasteiger partial charge on any atom is 0.225 e. The van der Waals surface area contributed by atoms with Gasteiger partial charge in [0.1, 0.15) is 0 Å². The summed E-state index contributed by atoms with van der Waals surface area (Å²) in [4.78, 5) is 12.4. The Morgan fingerprint density at radius 1 is 1.00 bits per heavy atom. The third-order valence-corrected chi connectivity index (χ3v) is 1.42. The quantitative estimate of drug-likeness (QED) is 0.446. The first-order valence-electron chi connectivity index (χ1n) is 3.86. The molecule has 0 aromatic heterocycles. The topological polar surface area (TPSA) is 81.0 Å². The summed E-state index contributed by atoms with van der Waals surface area (Å²) >= 11 is 0. The van der Waals surface area contributed by atoms with Crippen LogP contribution in [0.1, 0.15) is 6.42 Å². The zero-order valence-electron chi connectivity index (χ0n) is 6.94. The van der Waals surface area contributed by atoms with Gasteiger partial charge in [0.05, 0.1) is 19.8 Å². The minimum Gasteiger partial charge on any atom is -0.396 e. The van der Waals surface area contributed by atoms with Gasteiger partial charge in [-0.05, 0) is 0 Å². The molecule has 0 saturated carbocycles. The van der Waals surface area contributed by atoms with Gasteiger partial charge < -0.3 is 20.2 Å². The van der Waals surface area contributed by atoms with Gasteiger partial charge in [-0.25, -0.2) is 0 Å². The number of carbonyl (C=O) groups excluding carboxylic acids is 1. The molecule has 0 aromatic carbocycles. The monoisotopic (exact) mass is 177 g/mol. The molecule has 0 aromatic rings. The maximum atomic E-state index is 11.1. The molecule has 0 aliphatic heterocycles. The second-order valence-electron chi connectivity index (χ2n) is 2.30. The van der Waals surface area contributed by atoms with E-state index >= 15 is 0 Å². The maximum absolute atomic E-state index is 11.1. The molecular weight excluding hydrogens is 162 g/mol. The van der Waals surface area contributed by atoms with E-state index in [1.807, 2.05) is 0 Å². The number of hydrogen-bond donors (Lipinski definition) is 3. The molecule has 72 valence electrons. The fourth-order valence-corrected chi connectivity index (χ4v) is 0.856. The number of aliphatic hydroxyl groups excluding tert-OH is 3. The molecule has 1 amide bonds. The molecule has 3 N–H and O–H groups in total. The Morgan fingerprint density at radius 3 is 1.83 bits per heavy atom. The van der Waals surface area contributed by atoms with E-state index in [-0.39, 0.29) is 45.2 Å². The molecule has 0 heterocycles. The summed E-state index contributed by atoms with van der Waals surface area (Å²) in [6.45, 7) is -0.0423. The van der Waals surface area contributed by atoms with Gasteiger partial charge in [-0.3, -0.25) is 4.79 Å². The zero-order chi connectivity index (χ0) is 9.40. The van der Waals surface area contributed by atoms with E-state index in [2.05, 4.69) is 0 Å². The van der Waals surface area contributed by atoms with Crippen LogP contribution in [0, 0.1) is 0 Å². The first-order chi connectivity index (χ1) is 5.76. The molecule has 0 aliphatic rings. The zero-order valence-corrected chi connectivity index (χ0v) is 6.94. The average molecular weight is 177 g/mol. The molecule has 0 fully saturated rings. The lowest BCUT2D eigenvalue weighted by atomic mass is 10.3. The first kappa shape index (κ1) is 11.4. The number of amides is 1. The van der Waals surface area contributed by atoms with Gasteiger partial charge in [0.25, 0.3) is 0 Å². The minimum absolute atomic E-state index is 0.0417. The van der Waals surface area contributed by atoms with E-state index in [1.54, 1.807) is 0 Å². The minimum atomic E-state index is -0.249. The van der Waals surface area contributed by atoms with E-state index in [4.69, 9.17) is 15.3 Å². The SMILES string of the molecule is O=C(CCO)N(CCO)CCO. The van der Waals surface area contributed by atoms with Crippen molar-refractivity contribution in [1.29, 1.82) is 0 Å². The highest BCUT2D eigenvalue weighted by molar-refractivity contribution is 5.76. The molecule has 0 spiro atoms. The van der Waals surface area contributed by atoms with Crippen molar-refractivity contribution in [2.24, 2.45) is 0 Å². The second-order valence-corrected chi connectivity index (χ2v) is 2.30. The normalized spacial score (nSPS) is 9.92. The standard InChI is InChI=1S/C7H15NO4/c9-4-1-7(12)8(2-5-10)3-6-11/h9-11H,1-6H2. The van der Waals surface area contributed by atoms with Crippen LogP contribution in [0.15, 0.2) is 0 Å². The van der Waals surface area contributed by atoms with E-state index in [1.165, 1.54) is 4.90 Å². The Morgan fingerprint density at radius 2 is 1.50 bits per heavy atom. The van der Waals surface area contributed by atoms with Gasteiger partial charge in [-0.2, -0.15) is 0 Å². The van der Waals surface area contributed by atoms with E-state index in [0.29, 0.717) is 0 Å². The van der Waals surface area contributed by atoms with Crippen molar-refractivity contribution in [2.75, 3.05) is 32.9 Å². The van der Waals surface area contributed by atoms with Crippen molar-refractivity contribution >= 4 is 5.91 Å². The Balaban J connectivity index is 3.81. The molecule has 5 nitrogen and oxygen atoms in total. The van der Waals surface area contributed by atoms with Crippen molar-refractivity contribution in [2.45, 2.75) is 6.42 Å². The molecule has 5 heteroatoms. The molecule has 0 bridgehead atoms. The lowest BCUT2D eigenvalue weighted by molar-refractivity contribution is -0.132. The third-order valence-electron chi connectivity index (χ3n) is 1.42. The predicted octanol–water partition coefficient (Wildman–Crippen LogP) is -1.82. The van der Waals surface area contributed by atoms with E-state index in [9.17, 15) is 4.79 Å². The molecule has 0 unspecified atom stereocenters. The van der Waals surface area contributed by atoms with Crippen LogP contribution in [0.25, 0.3) is 0 Å². The van der Waals surface area contributed by atoms with Gasteiger partial charge in [-0.1, -0.05) is 0 Å². The summed E-state index contributed by atoms with van der Waals surface area (Å²) in [5, 5.41) is 25.5. The van der Waals surface area contributed by atoms with Crippen LogP contribution in [0.2, 0.25) is 0 Å². The molecule has 0 radical (unpaired) electrons. The lowest BCUT2D eigenvalue weighted by Crippen LogP contribution is -2.36. The summed E-state index contributed by atoms with van der Waals surface area (Å²) in [6, 6.07) is 0. The Labute approximate surface area is 71.2 Å². The molecule has 0 rings (SSSR count). The summed E-state index contributed by atoms with van der Waals surface area (Å²) in [6.07, 6.45) is 0.0417. The number of nitrogens with zero attached hydrogens (tertiary/aromatic N) is 1. The van der Waals surface area contributed by atoms with Crippen LogP contribution in [-0.2, 0) is 4.79 Å². The Bertz CT molecular complexity index is 123. The largest absolute Gasteiger partial charge is 0.396 e. The second kappa shape index (κ2) is 7.02. The van der Waals surface area contributed by atoms with Gasteiger partial charge in [0, 0.05) is 19.5 Å². The van der Waals surface area contributed by atoms with Gasteiger partial charge >= 0.3 is 0 Å². The molecule has 0 saturated heterocycles. The van der Waals surface area contributed by atoms with Crippen LogP contribution in [0.3, 0.4) is 0 Å². The van der Waals surface area contributed by atoms with Gasteiger partial charge in [-0.15, -0.1) is 0 Å². The Kier molecular flexibility index (Phi) is 6.64. The lowest BCUT2D eigenvalue weighted by Gasteiger charge is -2.19. The number of carbonyl (C=O) groups is 1. The van der Waals surface area contributed by atoms with E-state index in [0.717, 1.165) is 0 Å². The van der Waals surface area contributed by atoms with Crippen molar-refractivity contribution in [3.8, 4) is 0 Å². The van der Waals surface area contributed by atoms with Crippen LogP contribution in [-0.4, -0.2) is 59.0 Å². The fraction of sp³-hybridized carbons (Fsp3) is 0.857. The fourth-order valence-electron chi connectivity index (χ4n) is 0.856.